The lowest BCUT2D eigenvalue weighted by Gasteiger charge is -1.96. The SMILES string of the molecule is O=COCc1csc(-c2cccc(Cl)c2)n1. The minimum absolute atomic E-state index is 0.209. The zero-order valence-electron chi connectivity index (χ0n) is 8.22. The van der Waals surface area contributed by atoms with Crippen LogP contribution in [0.3, 0.4) is 0 Å². The van der Waals surface area contributed by atoms with Crippen molar-refractivity contribution >= 4 is 29.4 Å². The van der Waals surface area contributed by atoms with Crippen LogP contribution in [-0.4, -0.2) is 11.5 Å². The topological polar surface area (TPSA) is 39.2 Å². The molecule has 1 aromatic carbocycles. The van der Waals surface area contributed by atoms with Crippen molar-refractivity contribution in [2.24, 2.45) is 0 Å². The molecule has 0 aliphatic rings. The average Bonchev–Trinajstić information content (AvgIpc) is 2.75. The molecule has 0 saturated carbocycles. The second-order valence-electron chi connectivity index (χ2n) is 3.06. The standard InChI is InChI=1S/C11H8ClNO2S/c12-9-3-1-2-8(4-9)11-13-10(6-16-11)5-15-7-14/h1-4,6-7H,5H2. The Kier molecular flexibility index (Phi) is 3.54. The highest BCUT2D eigenvalue weighted by molar-refractivity contribution is 7.13. The van der Waals surface area contributed by atoms with Crippen LogP contribution >= 0.6 is 22.9 Å². The normalized spacial score (nSPS) is 10.1. The van der Waals surface area contributed by atoms with Gasteiger partial charge >= 0.3 is 0 Å². The highest BCUT2D eigenvalue weighted by Crippen LogP contribution is 2.26. The Morgan fingerprint density at radius 1 is 1.50 bits per heavy atom. The number of aromatic nitrogens is 1. The number of rotatable bonds is 4. The van der Waals surface area contributed by atoms with E-state index in [1.165, 1.54) is 11.3 Å². The highest BCUT2D eigenvalue weighted by atomic mass is 35.5. The Morgan fingerprint density at radius 2 is 2.38 bits per heavy atom. The quantitative estimate of drug-likeness (QED) is 0.786. The van der Waals surface area contributed by atoms with Gasteiger partial charge < -0.3 is 4.74 Å². The summed E-state index contributed by atoms with van der Waals surface area (Å²) in [5.41, 5.74) is 1.71. The summed E-state index contributed by atoms with van der Waals surface area (Å²) in [6, 6.07) is 7.48. The van der Waals surface area contributed by atoms with E-state index in [2.05, 4.69) is 9.72 Å². The van der Waals surface area contributed by atoms with Gasteiger partial charge in [-0.15, -0.1) is 11.3 Å². The predicted octanol–water partition coefficient (Wildman–Crippen LogP) is 3.14. The number of nitrogens with zero attached hydrogens (tertiary/aromatic N) is 1. The molecule has 82 valence electrons. The van der Waals surface area contributed by atoms with Gasteiger partial charge in [-0.3, -0.25) is 4.79 Å². The maximum absolute atomic E-state index is 10.0. The largest absolute Gasteiger partial charge is 0.461 e. The zero-order valence-corrected chi connectivity index (χ0v) is 9.79. The number of halogens is 1. The maximum Gasteiger partial charge on any atom is 0.293 e. The Morgan fingerprint density at radius 3 is 3.12 bits per heavy atom. The van der Waals surface area contributed by atoms with Gasteiger partial charge in [0, 0.05) is 16.0 Å². The molecule has 0 N–H and O–H groups in total. The summed E-state index contributed by atoms with van der Waals surface area (Å²) in [7, 11) is 0. The fourth-order valence-electron chi connectivity index (χ4n) is 1.25. The molecule has 2 rings (SSSR count). The molecule has 0 aliphatic carbocycles. The molecule has 0 radical (unpaired) electrons. The molecule has 0 unspecified atom stereocenters. The Bertz CT molecular complexity index is 498. The number of carbonyl (C=O) groups excluding carboxylic acids is 1. The minimum Gasteiger partial charge on any atom is -0.461 e. The van der Waals surface area contributed by atoms with Gasteiger partial charge in [0.15, 0.2) is 0 Å². The van der Waals surface area contributed by atoms with Crippen LogP contribution in [0, 0.1) is 0 Å². The third kappa shape index (κ3) is 2.59. The molecule has 2 aromatic rings. The summed E-state index contributed by atoms with van der Waals surface area (Å²) in [6.45, 7) is 0.624. The summed E-state index contributed by atoms with van der Waals surface area (Å²) in [5.74, 6) is 0. The monoisotopic (exact) mass is 253 g/mol. The second kappa shape index (κ2) is 5.09. The average molecular weight is 254 g/mol. The summed E-state index contributed by atoms with van der Waals surface area (Å²) >= 11 is 7.39. The number of ether oxygens (including phenoxy) is 1. The molecule has 1 aromatic heterocycles. The van der Waals surface area contributed by atoms with Crippen molar-refractivity contribution in [1.29, 1.82) is 0 Å². The third-order valence-corrected chi connectivity index (χ3v) is 3.10. The van der Waals surface area contributed by atoms with Crippen LogP contribution in [0.2, 0.25) is 5.02 Å². The van der Waals surface area contributed by atoms with Crippen LogP contribution in [0.15, 0.2) is 29.6 Å². The van der Waals surface area contributed by atoms with Gasteiger partial charge in [0.05, 0.1) is 5.69 Å². The molecule has 0 fully saturated rings. The molecule has 0 saturated heterocycles. The van der Waals surface area contributed by atoms with Crippen molar-refractivity contribution in [3.63, 3.8) is 0 Å². The fraction of sp³-hybridized carbons (Fsp3) is 0.0909. The molecule has 16 heavy (non-hydrogen) atoms. The van der Waals surface area contributed by atoms with Gasteiger partial charge in [0.25, 0.3) is 6.47 Å². The summed E-state index contributed by atoms with van der Waals surface area (Å²) < 4.78 is 4.63. The van der Waals surface area contributed by atoms with Crippen LogP contribution in [0.4, 0.5) is 0 Å². The Hall–Kier alpha value is -1.39. The zero-order chi connectivity index (χ0) is 11.4. The number of thiazole rings is 1. The van der Waals surface area contributed by atoms with E-state index >= 15 is 0 Å². The van der Waals surface area contributed by atoms with Crippen molar-refractivity contribution in [2.45, 2.75) is 6.61 Å². The smallest absolute Gasteiger partial charge is 0.293 e. The number of carbonyl (C=O) groups is 1. The van der Waals surface area contributed by atoms with E-state index in [0.29, 0.717) is 11.5 Å². The first-order valence-corrected chi connectivity index (χ1v) is 5.81. The van der Waals surface area contributed by atoms with E-state index in [4.69, 9.17) is 11.6 Å². The van der Waals surface area contributed by atoms with E-state index < -0.39 is 0 Å². The van der Waals surface area contributed by atoms with Crippen LogP contribution in [0.25, 0.3) is 10.6 Å². The first-order chi connectivity index (χ1) is 7.79. The molecule has 5 heteroatoms. The van der Waals surface area contributed by atoms with Crippen molar-refractivity contribution in [3.05, 3.63) is 40.4 Å². The molecular weight excluding hydrogens is 246 g/mol. The van der Waals surface area contributed by atoms with Crippen molar-refractivity contribution < 1.29 is 9.53 Å². The molecule has 1 heterocycles. The van der Waals surface area contributed by atoms with E-state index in [-0.39, 0.29) is 6.61 Å². The van der Waals surface area contributed by atoms with Crippen LogP contribution < -0.4 is 0 Å². The summed E-state index contributed by atoms with van der Waals surface area (Å²) in [5, 5.41) is 3.41. The molecule has 3 nitrogen and oxygen atoms in total. The second-order valence-corrected chi connectivity index (χ2v) is 4.36. The van der Waals surface area contributed by atoms with E-state index in [9.17, 15) is 4.79 Å². The minimum atomic E-state index is 0.209. The van der Waals surface area contributed by atoms with E-state index in [1.54, 1.807) is 0 Å². The first kappa shape index (κ1) is 11.1. The lowest BCUT2D eigenvalue weighted by molar-refractivity contribution is -0.129. The molecule has 0 aliphatic heterocycles. The Balaban J connectivity index is 2.21. The van der Waals surface area contributed by atoms with E-state index in [0.717, 1.165) is 16.3 Å². The fourth-order valence-corrected chi connectivity index (χ4v) is 2.24. The maximum atomic E-state index is 10.0. The van der Waals surface area contributed by atoms with Crippen molar-refractivity contribution in [3.8, 4) is 10.6 Å². The van der Waals surface area contributed by atoms with Gasteiger partial charge in [0.2, 0.25) is 0 Å². The lowest BCUT2D eigenvalue weighted by atomic mass is 10.2. The predicted molar refractivity (Wildman–Crippen MR) is 63.4 cm³/mol. The molecule has 0 amide bonds. The molecule has 0 bridgehead atoms. The molecular formula is C11H8ClNO2S. The number of hydrogen-bond donors (Lipinski definition) is 0. The van der Waals surface area contributed by atoms with Gasteiger partial charge in [-0.05, 0) is 12.1 Å². The van der Waals surface area contributed by atoms with Gasteiger partial charge in [-0.1, -0.05) is 23.7 Å². The first-order valence-electron chi connectivity index (χ1n) is 4.55. The lowest BCUT2D eigenvalue weighted by Crippen LogP contribution is -1.89. The summed E-state index contributed by atoms with van der Waals surface area (Å²) in [6.07, 6.45) is 0. The van der Waals surface area contributed by atoms with Gasteiger partial charge in [-0.2, -0.15) is 0 Å². The number of benzene rings is 1. The van der Waals surface area contributed by atoms with Crippen LogP contribution in [-0.2, 0) is 16.1 Å². The molecule has 0 spiro atoms. The van der Waals surface area contributed by atoms with Crippen molar-refractivity contribution in [2.75, 3.05) is 0 Å². The third-order valence-electron chi connectivity index (χ3n) is 1.92. The van der Waals surface area contributed by atoms with E-state index in [1.807, 2.05) is 29.6 Å². The summed E-state index contributed by atoms with van der Waals surface area (Å²) in [4.78, 5) is 14.4. The van der Waals surface area contributed by atoms with Crippen LogP contribution in [0.1, 0.15) is 5.69 Å². The van der Waals surface area contributed by atoms with Gasteiger partial charge in [0.1, 0.15) is 11.6 Å². The number of hydrogen-bond acceptors (Lipinski definition) is 4. The van der Waals surface area contributed by atoms with Crippen molar-refractivity contribution in [1.82, 2.24) is 4.98 Å². The van der Waals surface area contributed by atoms with Gasteiger partial charge in [-0.25, -0.2) is 4.98 Å². The van der Waals surface area contributed by atoms with Crippen LogP contribution in [0.5, 0.6) is 0 Å². The Labute approximate surface area is 102 Å². The molecule has 0 atom stereocenters. The highest BCUT2D eigenvalue weighted by Gasteiger charge is 2.05.